The fraction of sp³-hybridized carbons (Fsp3) is 0.261. The van der Waals surface area contributed by atoms with Crippen molar-refractivity contribution >= 4 is 11.6 Å². The first-order chi connectivity index (χ1) is 14.6. The van der Waals surface area contributed by atoms with Crippen LogP contribution in [0.5, 0.6) is 5.75 Å². The van der Waals surface area contributed by atoms with Gasteiger partial charge >= 0.3 is 0 Å². The van der Waals surface area contributed by atoms with E-state index in [4.69, 9.17) is 14.4 Å². The zero-order valence-electron chi connectivity index (χ0n) is 16.7. The van der Waals surface area contributed by atoms with Gasteiger partial charge in [-0.2, -0.15) is 5.26 Å². The van der Waals surface area contributed by atoms with Crippen molar-refractivity contribution in [1.82, 2.24) is 4.98 Å². The molecule has 3 aromatic rings. The summed E-state index contributed by atoms with van der Waals surface area (Å²) in [5.74, 6) is 1.22. The average molecular weight is 407 g/mol. The van der Waals surface area contributed by atoms with Gasteiger partial charge in [-0.05, 0) is 55.5 Å². The summed E-state index contributed by atoms with van der Waals surface area (Å²) in [4.78, 5) is 18.6. The van der Waals surface area contributed by atoms with Gasteiger partial charge < -0.3 is 14.1 Å². The number of carbonyl (C=O) groups excluding carboxylic acids is 1. The molecule has 1 amide bonds. The standard InChI is InChI=1S/C23H22FN3O3/c1-2-29-20-10-8-19(9-11-20)27(15-3-14-25)23(28)13-12-22-26-16-21(30-22)17-4-6-18(24)7-5-17/h4-11,16H,2-3,12-13,15H2,1H3. The van der Waals surface area contributed by atoms with Crippen molar-refractivity contribution in [1.29, 1.82) is 5.26 Å². The molecule has 6 nitrogen and oxygen atoms in total. The van der Waals surface area contributed by atoms with Crippen molar-refractivity contribution < 1.29 is 18.3 Å². The molecule has 30 heavy (non-hydrogen) atoms. The highest BCUT2D eigenvalue weighted by Gasteiger charge is 2.17. The van der Waals surface area contributed by atoms with Crippen molar-refractivity contribution in [2.24, 2.45) is 0 Å². The van der Waals surface area contributed by atoms with Crippen LogP contribution in [-0.2, 0) is 11.2 Å². The Balaban J connectivity index is 1.65. The Hall–Kier alpha value is -3.66. The summed E-state index contributed by atoms with van der Waals surface area (Å²) in [6.45, 7) is 2.77. The van der Waals surface area contributed by atoms with Crippen LogP contribution >= 0.6 is 0 Å². The molecule has 1 aromatic heterocycles. The minimum Gasteiger partial charge on any atom is -0.494 e. The first-order valence-electron chi connectivity index (χ1n) is 9.71. The number of nitriles is 1. The number of oxazole rings is 1. The number of hydrogen-bond donors (Lipinski definition) is 0. The minimum atomic E-state index is -0.323. The summed E-state index contributed by atoms with van der Waals surface area (Å²) in [6, 6.07) is 15.2. The molecular formula is C23H22FN3O3. The van der Waals surface area contributed by atoms with Gasteiger partial charge in [0.25, 0.3) is 0 Å². The van der Waals surface area contributed by atoms with E-state index in [0.29, 0.717) is 42.5 Å². The number of ether oxygens (including phenoxy) is 1. The number of nitrogens with zero attached hydrogens (tertiary/aromatic N) is 3. The molecule has 0 aliphatic heterocycles. The van der Waals surface area contributed by atoms with Gasteiger partial charge in [0.1, 0.15) is 11.6 Å². The molecule has 0 saturated carbocycles. The summed E-state index contributed by atoms with van der Waals surface area (Å²) in [6.07, 6.45) is 2.29. The second-order valence-corrected chi connectivity index (χ2v) is 6.51. The third-order valence-corrected chi connectivity index (χ3v) is 4.44. The van der Waals surface area contributed by atoms with Crippen LogP contribution in [0.2, 0.25) is 0 Å². The van der Waals surface area contributed by atoms with Crippen molar-refractivity contribution in [3.63, 3.8) is 0 Å². The Morgan fingerprint density at radius 3 is 2.60 bits per heavy atom. The highest BCUT2D eigenvalue weighted by molar-refractivity contribution is 5.93. The molecule has 7 heteroatoms. The average Bonchev–Trinajstić information content (AvgIpc) is 3.23. The van der Waals surface area contributed by atoms with Crippen LogP contribution < -0.4 is 9.64 Å². The van der Waals surface area contributed by atoms with Gasteiger partial charge in [-0.25, -0.2) is 9.37 Å². The molecule has 0 bridgehead atoms. The van der Waals surface area contributed by atoms with E-state index in [0.717, 1.165) is 5.75 Å². The Labute approximate surface area is 174 Å². The summed E-state index contributed by atoms with van der Waals surface area (Å²) in [7, 11) is 0. The number of rotatable bonds is 9. The number of anilines is 1. The number of benzene rings is 2. The van der Waals surface area contributed by atoms with Crippen molar-refractivity contribution in [3.05, 3.63) is 66.4 Å². The third kappa shape index (κ3) is 5.45. The maximum Gasteiger partial charge on any atom is 0.227 e. The number of carbonyl (C=O) groups is 1. The van der Waals surface area contributed by atoms with E-state index in [-0.39, 0.29) is 24.6 Å². The number of aryl methyl sites for hydroxylation is 1. The molecule has 0 atom stereocenters. The van der Waals surface area contributed by atoms with Crippen LogP contribution in [-0.4, -0.2) is 24.0 Å². The quantitative estimate of drug-likeness (QED) is 0.511. The fourth-order valence-corrected chi connectivity index (χ4v) is 2.97. The number of amides is 1. The summed E-state index contributed by atoms with van der Waals surface area (Å²) >= 11 is 0. The molecule has 0 unspecified atom stereocenters. The van der Waals surface area contributed by atoms with E-state index >= 15 is 0 Å². The van der Waals surface area contributed by atoms with E-state index in [1.54, 1.807) is 47.5 Å². The van der Waals surface area contributed by atoms with Crippen LogP contribution in [0.3, 0.4) is 0 Å². The SMILES string of the molecule is CCOc1ccc(N(CCC#N)C(=O)CCc2ncc(-c3ccc(F)cc3)o2)cc1. The van der Waals surface area contributed by atoms with Gasteiger partial charge in [0.2, 0.25) is 5.91 Å². The lowest BCUT2D eigenvalue weighted by atomic mass is 10.2. The maximum atomic E-state index is 13.1. The lowest BCUT2D eigenvalue weighted by Gasteiger charge is -2.22. The second kappa shape index (κ2) is 10.2. The molecule has 0 spiro atoms. The molecular weight excluding hydrogens is 385 g/mol. The summed E-state index contributed by atoms with van der Waals surface area (Å²) < 4.78 is 24.2. The Kier molecular flexibility index (Phi) is 7.17. The normalized spacial score (nSPS) is 10.4. The van der Waals surface area contributed by atoms with Crippen molar-refractivity contribution in [3.8, 4) is 23.1 Å². The summed E-state index contributed by atoms with van der Waals surface area (Å²) in [5.41, 5.74) is 1.42. The first kappa shape index (κ1) is 21.1. The Morgan fingerprint density at radius 2 is 1.93 bits per heavy atom. The fourth-order valence-electron chi connectivity index (χ4n) is 2.97. The zero-order chi connectivity index (χ0) is 21.3. The van der Waals surface area contributed by atoms with E-state index in [9.17, 15) is 9.18 Å². The molecule has 0 radical (unpaired) electrons. The van der Waals surface area contributed by atoms with Gasteiger partial charge in [0, 0.05) is 30.6 Å². The lowest BCUT2D eigenvalue weighted by Crippen LogP contribution is -2.32. The molecule has 1 heterocycles. The van der Waals surface area contributed by atoms with Crippen molar-refractivity contribution in [2.75, 3.05) is 18.1 Å². The van der Waals surface area contributed by atoms with Crippen LogP contribution in [0, 0.1) is 17.1 Å². The van der Waals surface area contributed by atoms with Crippen LogP contribution in [0.4, 0.5) is 10.1 Å². The van der Waals surface area contributed by atoms with Crippen LogP contribution in [0.1, 0.15) is 25.7 Å². The second-order valence-electron chi connectivity index (χ2n) is 6.51. The predicted octanol–water partition coefficient (Wildman–Crippen LogP) is 4.76. The summed E-state index contributed by atoms with van der Waals surface area (Å²) in [5, 5.41) is 8.94. The van der Waals surface area contributed by atoms with E-state index in [2.05, 4.69) is 11.1 Å². The van der Waals surface area contributed by atoms with Gasteiger partial charge in [-0.15, -0.1) is 0 Å². The smallest absolute Gasteiger partial charge is 0.227 e. The topological polar surface area (TPSA) is 79.4 Å². The van der Waals surface area contributed by atoms with Gasteiger partial charge in [0.05, 0.1) is 25.3 Å². The molecule has 2 aromatic carbocycles. The molecule has 0 aliphatic rings. The minimum absolute atomic E-state index is 0.129. The van der Waals surface area contributed by atoms with Crippen LogP contribution in [0.15, 0.2) is 59.1 Å². The maximum absolute atomic E-state index is 13.1. The first-order valence-corrected chi connectivity index (χ1v) is 9.71. The molecule has 154 valence electrons. The van der Waals surface area contributed by atoms with Gasteiger partial charge in [0.15, 0.2) is 11.7 Å². The van der Waals surface area contributed by atoms with Crippen molar-refractivity contribution in [2.45, 2.75) is 26.2 Å². The number of halogens is 1. The van der Waals surface area contributed by atoms with Gasteiger partial charge in [-0.1, -0.05) is 0 Å². The van der Waals surface area contributed by atoms with Gasteiger partial charge in [-0.3, -0.25) is 4.79 Å². The highest BCUT2D eigenvalue weighted by Crippen LogP contribution is 2.23. The van der Waals surface area contributed by atoms with Crippen LogP contribution in [0.25, 0.3) is 11.3 Å². The molecule has 0 saturated heterocycles. The monoisotopic (exact) mass is 407 g/mol. The third-order valence-electron chi connectivity index (χ3n) is 4.44. The number of aromatic nitrogens is 1. The largest absolute Gasteiger partial charge is 0.494 e. The Morgan fingerprint density at radius 1 is 1.20 bits per heavy atom. The molecule has 3 rings (SSSR count). The lowest BCUT2D eigenvalue weighted by molar-refractivity contribution is -0.118. The molecule has 0 N–H and O–H groups in total. The predicted molar refractivity (Wildman–Crippen MR) is 110 cm³/mol. The van der Waals surface area contributed by atoms with E-state index < -0.39 is 0 Å². The zero-order valence-corrected chi connectivity index (χ0v) is 16.7. The van der Waals surface area contributed by atoms with E-state index in [1.165, 1.54) is 12.1 Å². The highest BCUT2D eigenvalue weighted by atomic mass is 19.1. The van der Waals surface area contributed by atoms with E-state index in [1.807, 2.05) is 6.92 Å². The molecule has 0 aliphatic carbocycles. The number of hydrogen-bond acceptors (Lipinski definition) is 5. The Bertz CT molecular complexity index is 1010. The molecule has 0 fully saturated rings.